The van der Waals surface area contributed by atoms with E-state index in [0.717, 1.165) is 35.3 Å². The van der Waals surface area contributed by atoms with Crippen LogP contribution in [0, 0.1) is 0 Å². The Morgan fingerprint density at radius 1 is 1.22 bits per heavy atom. The summed E-state index contributed by atoms with van der Waals surface area (Å²) in [4.78, 5) is 21.3. The SMILES string of the molecule is COc1ccc(NC(=O)N2CCC(N3COCNc4c(-c5cncc(N)c5)cccc43)CC2)cc1Cl. The van der Waals surface area contributed by atoms with Crippen molar-refractivity contribution in [2.45, 2.75) is 18.9 Å². The van der Waals surface area contributed by atoms with Crippen LogP contribution in [0.3, 0.4) is 0 Å². The van der Waals surface area contributed by atoms with Gasteiger partial charge in [0.05, 0.1) is 29.2 Å². The lowest BCUT2D eigenvalue weighted by Crippen LogP contribution is -2.48. The number of nitrogens with one attached hydrogen (secondary N) is 2. The number of para-hydroxylation sites is 1. The fourth-order valence-corrected chi connectivity index (χ4v) is 5.03. The molecule has 0 unspecified atom stereocenters. The Morgan fingerprint density at radius 3 is 2.81 bits per heavy atom. The topological polar surface area (TPSA) is 105 Å². The fraction of sp³-hybridized carbons (Fsp3) is 0.308. The number of urea groups is 1. The van der Waals surface area contributed by atoms with E-state index >= 15 is 0 Å². The highest BCUT2D eigenvalue weighted by Gasteiger charge is 2.30. The number of rotatable bonds is 4. The summed E-state index contributed by atoms with van der Waals surface area (Å²) in [6, 6.07) is 13.4. The summed E-state index contributed by atoms with van der Waals surface area (Å²) in [6.07, 6.45) is 5.10. The molecular weight excluding hydrogens is 480 g/mol. The van der Waals surface area contributed by atoms with E-state index in [9.17, 15) is 4.79 Å². The predicted molar refractivity (Wildman–Crippen MR) is 143 cm³/mol. The molecule has 2 amide bonds. The van der Waals surface area contributed by atoms with Gasteiger partial charge in [-0.25, -0.2) is 4.79 Å². The van der Waals surface area contributed by atoms with E-state index in [4.69, 9.17) is 26.8 Å². The number of piperidine rings is 1. The number of likely N-dealkylation sites (tertiary alicyclic amines) is 1. The van der Waals surface area contributed by atoms with Gasteiger partial charge in [-0.1, -0.05) is 23.7 Å². The molecule has 1 fully saturated rings. The Labute approximate surface area is 215 Å². The minimum Gasteiger partial charge on any atom is -0.495 e. The van der Waals surface area contributed by atoms with Crippen molar-refractivity contribution >= 4 is 40.4 Å². The lowest BCUT2D eigenvalue weighted by atomic mass is 9.99. The molecule has 36 heavy (non-hydrogen) atoms. The zero-order chi connectivity index (χ0) is 25.1. The Balaban J connectivity index is 1.29. The number of fused-ring (bicyclic) bond motifs is 1. The van der Waals surface area contributed by atoms with Crippen LogP contribution in [-0.2, 0) is 4.74 Å². The number of hydrogen-bond donors (Lipinski definition) is 3. The van der Waals surface area contributed by atoms with Crippen LogP contribution in [0.1, 0.15) is 12.8 Å². The lowest BCUT2D eigenvalue weighted by molar-refractivity contribution is 0.138. The number of carbonyl (C=O) groups excluding carboxylic acids is 1. The molecule has 1 aromatic heterocycles. The third-order valence-corrected chi connectivity index (χ3v) is 6.89. The number of hydrogen-bond acceptors (Lipinski definition) is 7. The molecule has 10 heteroatoms. The molecule has 0 radical (unpaired) electrons. The van der Waals surface area contributed by atoms with E-state index in [2.05, 4.69) is 32.7 Å². The van der Waals surface area contributed by atoms with Gasteiger partial charge in [0.25, 0.3) is 0 Å². The quantitative estimate of drug-likeness (QED) is 0.462. The van der Waals surface area contributed by atoms with Crippen LogP contribution in [-0.4, -0.2) is 55.6 Å². The molecule has 2 aliphatic rings. The van der Waals surface area contributed by atoms with Crippen LogP contribution in [0.15, 0.2) is 54.9 Å². The van der Waals surface area contributed by atoms with Crippen molar-refractivity contribution in [3.63, 3.8) is 0 Å². The summed E-state index contributed by atoms with van der Waals surface area (Å²) in [5.74, 6) is 0.570. The van der Waals surface area contributed by atoms with Crippen molar-refractivity contribution in [3.8, 4) is 16.9 Å². The van der Waals surface area contributed by atoms with E-state index in [1.165, 1.54) is 0 Å². The maximum absolute atomic E-state index is 12.9. The molecule has 0 atom stereocenters. The van der Waals surface area contributed by atoms with E-state index in [-0.39, 0.29) is 12.1 Å². The molecular formula is C26H29ClN6O3. The van der Waals surface area contributed by atoms with Crippen molar-refractivity contribution in [1.82, 2.24) is 9.88 Å². The van der Waals surface area contributed by atoms with Gasteiger partial charge >= 0.3 is 6.03 Å². The molecule has 0 aliphatic carbocycles. The second-order valence-electron chi connectivity index (χ2n) is 8.83. The highest BCUT2D eigenvalue weighted by molar-refractivity contribution is 6.32. The van der Waals surface area contributed by atoms with Crippen molar-refractivity contribution in [2.75, 3.05) is 54.9 Å². The number of nitrogens with zero attached hydrogens (tertiary/aromatic N) is 3. The van der Waals surface area contributed by atoms with Crippen LogP contribution in [0.2, 0.25) is 5.02 Å². The average molecular weight is 509 g/mol. The summed E-state index contributed by atoms with van der Waals surface area (Å²) in [5, 5.41) is 6.81. The van der Waals surface area contributed by atoms with Gasteiger partial charge in [0.15, 0.2) is 0 Å². The van der Waals surface area contributed by atoms with Gasteiger partial charge in [0.2, 0.25) is 0 Å². The first-order chi connectivity index (χ1) is 17.5. The second-order valence-corrected chi connectivity index (χ2v) is 9.24. The van der Waals surface area contributed by atoms with Crippen molar-refractivity contribution in [1.29, 1.82) is 0 Å². The minimum absolute atomic E-state index is 0.139. The van der Waals surface area contributed by atoms with Crippen molar-refractivity contribution in [3.05, 3.63) is 59.9 Å². The van der Waals surface area contributed by atoms with Gasteiger partial charge in [-0.15, -0.1) is 0 Å². The number of amides is 2. The highest BCUT2D eigenvalue weighted by Crippen LogP contribution is 2.39. The monoisotopic (exact) mass is 508 g/mol. The molecule has 3 heterocycles. The summed E-state index contributed by atoms with van der Waals surface area (Å²) in [7, 11) is 1.56. The van der Waals surface area contributed by atoms with Crippen LogP contribution in [0.4, 0.5) is 27.5 Å². The average Bonchev–Trinajstić information content (AvgIpc) is 3.11. The molecule has 0 bridgehead atoms. The first-order valence-corrected chi connectivity index (χ1v) is 12.2. The van der Waals surface area contributed by atoms with E-state index in [0.29, 0.717) is 48.7 Å². The molecule has 4 N–H and O–H groups in total. The minimum atomic E-state index is -0.139. The molecule has 188 valence electrons. The van der Waals surface area contributed by atoms with Crippen molar-refractivity contribution < 1.29 is 14.3 Å². The number of carbonyl (C=O) groups is 1. The number of anilines is 4. The smallest absolute Gasteiger partial charge is 0.321 e. The number of pyridine rings is 1. The van der Waals surface area contributed by atoms with Gasteiger partial charge in [-0.3, -0.25) is 4.98 Å². The second kappa shape index (κ2) is 10.5. The molecule has 9 nitrogen and oxygen atoms in total. The predicted octanol–water partition coefficient (Wildman–Crippen LogP) is 4.85. The van der Waals surface area contributed by atoms with Crippen molar-refractivity contribution in [2.24, 2.45) is 0 Å². The van der Waals surface area contributed by atoms with Gasteiger partial charge < -0.3 is 35.6 Å². The van der Waals surface area contributed by atoms with E-state index in [1.807, 2.05) is 23.2 Å². The lowest BCUT2D eigenvalue weighted by Gasteiger charge is -2.39. The molecule has 5 rings (SSSR count). The number of methoxy groups -OCH3 is 1. The third kappa shape index (κ3) is 4.98. The van der Waals surface area contributed by atoms with Crippen LogP contribution in [0.5, 0.6) is 5.75 Å². The number of benzene rings is 2. The summed E-state index contributed by atoms with van der Waals surface area (Å²) in [6.45, 7) is 2.15. The van der Waals surface area contributed by atoms with Gasteiger partial charge in [0, 0.05) is 48.3 Å². The normalized spacial score (nSPS) is 16.1. The maximum atomic E-state index is 12.9. The molecule has 0 spiro atoms. The largest absolute Gasteiger partial charge is 0.495 e. The van der Waals surface area contributed by atoms with Crippen LogP contribution >= 0.6 is 11.6 Å². The number of aromatic nitrogens is 1. The Morgan fingerprint density at radius 2 is 2.06 bits per heavy atom. The Kier molecular flexibility index (Phi) is 7.02. The molecule has 0 saturated carbocycles. The fourth-order valence-electron chi connectivity index (χ4n) is 4.78. The summed E-state index contributed by atoms with van der Waals surface area (Å²) >= 11 is 6.19. The summed E-state index contributed by atoms with van der Waals surface area (Å²) in [5.41, 5.74) is 11.3. The Bertz CT molecular complexity index is 1250. The highest BCUT2D eigenvalue weighted by atomic mass is 35.5. The first-order valence-electron chi connectivity index (χ1n) is 11.8. The van der Waals surface area contributed by atoms with Gasteiger partial charge in [-0.2, -0.15) is 0 Å². The molecule has 2 aromatic carbocycles. The number of nitrogen functional groups attached to an aromatic ring is 1. The van der Waals surface area contributed by atoms with Gasteiger partial charge in [0.1, 0.15) is 19.2 Å². The van der Waals surface area contributed by atoms with Crippen LogP contribution < -0.4 is 26.0 Å². The standard InChI is InChI=1S/C26H29ClN6O3/c1-35-24-6-5-19(12-22(24)27)31-26(34)32-9-7-20(8-10-32)33-16-36-15-30-25-21(3-2-4-23(25)33)17-11-18(28)14-29-13-17/h2-6,11-14,20,30H,7-10,15-16,28H2,1H3,(H,31,34). The van der Waals surface area contributed by atoms with E-state index < -0.39 is 0 Å². The van der Waals surface area contributed by atoms with Gasteiger partial charge in [-0.05, 0) is 43.2 Å². The zero-order valence-corrected chi connectivity index (χ0v) is 20.8. The number of nitrogens with two attached hydrogens (primary N) is 1. The third-order valence-electron chi connectivity index (χ3n) is 6.60. The van der Waals surface area contributed by atoms with E-state index in [1.54, 1.807) is 31.5 Å². The van der Waals surface area contributed by atoms with Crippen LogP contribution in [0.25, 0.3) is 11.1 Å². The molecule has 2 aliphatic heterocycles. The summed E-state index contributed by atoms with van der Waals surface area (Å²) < 4.78 is 11.1. The molecule has 1 saturated heterocycles. The number of ether oxygens (including phenoxy) is 2. The first kappa shape index (κ1) is 24.0. The Hall–Kier alpha value is -3.69. The zero-order valence-electron chi connectivity index (χ0n) is 20.0. The maximum Gasteiger partial charge on any atom is 0.321 e. The molecule has 3 aromatic rings. The number of halogens is 1.